The molecule has 5 nitrogen and oxygen atoms in total. The Kier molecular flexibility index (Phi) is 5.12. The predicted molar refractivity (Wildman–Crippen MR) is 75.4 cm³/mol. The maximum Gasteiger partial charge on any atom is 0.234 e. The van der Waals surface area contributed by atoms with Crippen LogP contribution in [0.15, 0.2) is 24.3 Å². The van der Waals surface area contributed by atoms with Crippen LogP contribution in [0.1, 0.15) is 37.2 Å². The highest BCUT2D eigenvalue weighted by Gasteiger charge is 2.27. The van der Waals surface area contributed by atoms with Gasteiger partial charge in [-0.2, -0.15) is 0 Å². The number of amides is 2. The number of unbranched alkanes of at least 4 members (excludes halogenated alkanes) is 1. The molecule has 3 N–H and O–H groups in total. The number of carbonyl (C=O) groups is 2. The maximum absolute atomic E-state index is 11.8. The minimum absolute atomic E-state index is 0.194. The minimum atomic E-state index is -0.264. The van der Waals surface area contributed by atoms with Crippen LogP contribution in [0.5, 0.6) is 5.75 Å². The van der Waals surface area contributed by atoms with Crippen LogP contribution < -0.4 is 15.8 Å². The van der Waals surface area contributed by atoms with Gasteiger partial charge in [0.25, 0.3) is 0 Å². The van der Waals surface area contributed by atoms with E-state index in [0.717, 1.165) is 24.2 Å². The quantitative estimate of drug-likeness (QED) is 0.606. The SMILES string of the molecule is NCCCCOc1cccc(C2CCC(=O)NC2=O)c1. The molecule has 1 atom stereocenters. The van der Waals surface area contributed by atoms with Gasteiger partial charge in [-0.1, -0.05) is 12.1 Å². The average Bonchev–Trinajstić information content (AvgIpc) is 2.44. The number of piperidine rings is 1. The molecule has 1 fully saturated rings. The minimum Gasteiger partial charge on any atom is -0.494 e. The lowest BCUT2D eigenvalue weighted by molar-refractivity contribution is -0.134. The molecule has 1 aromatic carbocycles. The number of nitrogens with one attached hydrogen (secondary N) is 1. The van der Waals surface area contributed by atoms with Crippen LogP contribution in [0.3, 0.4) is 0 Å². The summed E-state index contributed by atoms with van der Waals surface area (Å²) in [5.41, 5.74) is 6.32. The Hall–Kier alpha value is -1.88. The van der Waals surface area contributed by atoms with Crippen molar-refractivity contribution in [1.82, 2.24) is 5.32 Å². The highest BCUT2D eigenvalue weighted by Crippen LogP contribution is 2.27. The molecule has 1 aromatic rings. The molecule has 2 amide bonds. The van der Waals surface area contributed by atoms with Crippen LogP contribution in [0.25, 0.3) is 0 Å². The molecule has 2 rings (SSSR count). The number of nitrogens with two attached hydrogens (primary N) is 1. The fourth-order valence-corrected chi connectivity index (χ4v) is 2.27. The zero-order valence-corrected chi connectivity index (χ0v) is 11.4. The zero-order chi connectivity index (χ0) is 14.4. The molecule has 0 aromatic heterocycles. The van der Waals surface area contributed by atoms with E-state index in [1.807, 2.05) is 24.3 Å². The van der Waals surface area contributed by atoms with Crippen LogP contribution in [-0.4, -0.2) is 25.0 Å². The van der Waals surface area contributed by atoms with E-state index >= 15 is 0 Å². The van der Waals surface area contributed by atoms with Crippen molar-refractivity contribution in [2.45, 2.75) is 31.6 Å². The Balaban J connectivity index is 1.98. The Morgan fingerprint density at radius 1 is 1.30 bits per heavy atom. The number of imide groups is 1. The van der Waals surface area contributed by atoms with Crippen LogP contribution in [-0.2, 0) is 9.59 Å². The standard InChI is InChI=1S/C15H20N2O3/c16-8-1-2-9-20-12-5-3-4-11(10-12)13-6-7-14(18)17-15(13)19/h3-5,10,13H,1-2,6-9,16H2,(H,17,18,19). The first-order chi connectivity index (χ1) is 9.70. The molecular formula is C15H20N2O3. The second-order valence-corrected chi connectivity index (χ2v) is 4.92. The van der Waals surface area contributed by atoms with Gasteiger partial charge in [0.05, 0.1) is 12.5 Å². The van der Waals surface area contributed by atoms with Gasteiger partial charge in [0.15, 0.2) is 0 Å². The van der Waals surface area contributed by atoms with Crippen molar-refractivity contribution in [3.63, 3.8) is 0 Å². The largest absolute Gasteiger partial charge is 0.494 e. The van der Waals surface area contributed by atoms with E-state index in [-0.39, 0.29) is 17.7 Å². The summed E-state index contributed by atoms with van der Waals surface area (Å²) < 4.78 is 5.64. The smallest absolute Gasteiger partial charge is 0.234 e. The van der Waals surface area contributed by atoms with E-state index in [2.05, 4.69) is 5.32 Å². The number of rotatable bonds is 6. The Morgan fingerprint density at radius 3 is 2.90 bits per heavy atom. The van der Waals surface area contributed by atoms with Crippen molar-refractivity contribution in [1.29, 1.82) is 0 Å². The van der Waals surface area contributed by atoms with E-state index in [1.165, 1.54) is 0 Å². The monoisotopic (exact) mass is 276 g/mol. The summed E-state index contributed by atoms with van der Waals surface area (Å²) in [6.07, 6.45) is 2.80. The van der Waals surface area contributed by atoms with Crippen LogP contribution >= 0.6 is 0 Å². The second kappa shape index (κ2) is 7.05. The third-order valence-corrected chi connectivity index (χ3v) is 3.37. The molecule has 20 heavy (non-hydrogen) atoms. The van der Waals surface area contributed by atoms with Gasteiger partial charge in [0.1, 0.15) is 5.75 Å². The Labute approximate surface area is 118 Å². The van der Waals surface area contributed by atoms with Crippen molar-refractivity contribution in [2.75, 3.05) is 13.2 Å². The number of benzene rings is 1. The molecule has 0 saturated carbocycles. The van der Waals surface area contributed by atoms with E-state index in [1.54, 1.807) is 0 Å². The molecular weight excluding hydrogens is 256 g/mol. The number of hydrogen-bond donors (Lipinski definition) is 2. The lowest BCUT2D eigenvalue weighted by Gasteiger charge is -2.21. The molecule has 1 heterocycles. The summed E-state index contributed by atoms with van der Waals surface area (Å²) in [5.74, 6) is 0.0754. The second-order valence-electron chi connectivity index (χ2n) is 4.92. The lowest BCUT2D eigenvalue weighted by atomic mass is 9.90. The summed E-state index contributed by atoms with van der Waals surface area (Å²) in [4.78, 5) is 23.0. The molecule has 1 aliphatic heterocycles. The highest BCUT2D eigenvalue weighted by molar-refractivity contribution is 6.00. The fourth-order valence-electron chi connectivity index (χ4n) is 2.27. The highest BCUT2D eigenvalue weighted by atomic mass is 16.5. The third-order valence-electron chi connectivity index (χ3n) is 3.37. The van der Waals surface area contributed by atoms with E-state index < -0.39 is 0 Å². The molecule has 0 bridgehead atoms. The fraction of sp³-hybridized carbons (Fsp3) is 0.467. The number of hydrogen-bond acceptors (Lipinski definition) is 4. The van der Waals surface area contributed by atoms with Gasteiger partial charge in [-0.25, -0.2) is 0 Å². The van der Waals surface area contributed by atoms with E-state index in [4.69, 9.17) is 10.5 Å². The maximum atomic E-state index is 11.8. The van der Waals surface area contributed by atoms with Crippen molar-refractivity contribution in [3.05, 3.63) is 29.8 Å². The number of ether oxygens (including phenoxy) is 1. The molecule has 5 heteroatoms. The van der Waals surface area contributed by atoms with Gasteiger partial charge in [-0.05, 0) is 43.5 Å². The average molecular weight is 276 g/mol. The van der Waals surface area contributed by atoms with Gasteiger partial charge in [0, 0.05) is 6.42 Å². The van der Waals surface area contributed by atoms with E-state index in [9.17, 15) is 9.59 Å². The molecule has 0 aliphatic carbocycles. The predicted octanol–water partition coefficient (Wildman–Crippen LogP) is 1.32. The summed E-state index contributed by atoms with van der Waals surface area (Å²) >= 11 is 0. The summed E-state index contributed by atoms with van der Waals surface area (Å²) in [6.45, 7) is 1.29. The summed E-state index contributed by atoms with van der Waals surface area (Å²) in [6, 6.07) is 7.52. The van der Waals surface area contributed by atoms with Gasteiger partial charge >= 0.3 is 0 Å². The van der Waals surface area contributed by atoms with Crippen LogP contribution in [0, 0.1) is 0 Å². The van der Waals surface area contributed by atoms with Crippen LogP contribution in [0.2, 0.25) is 0 Å². The van der Waals surface area contributed by atoms with Gasteiger partial charge in [-0.3, -0.25) is 14.9 Å². The summed E-state index contributed by atoms with van der Waals surface area (Å²) in [5, 5.41) is 2.37. The first-order valence-corrected chi connectivity index (χ1v) is 6.97. The first-order valence-electron chi connectivity index (χ1n) is 6.97. The number of carbonyl (C=O) groups excluding carboxylic acids is 2. The van der Waals surface area contributed by atoms with Crippen LogP contribution in [0.4, 0.5) is 0 Å². The molecule has 0 spiro atoms. The summed E-state index contributed by atoms with van der Waals surface area (Å²) in [7, 11) is 0. The molecule has 108 valence electrons. The first kappa shape index (κ1) is 14.5. The van der Waals surface area contributed by atoms with Crippen molar-refractivity contribution in [2.24, 2.45) is 5.73 Å². The van der Waals surface area contributed by atoms with Crippen molar-refractivity contribution >= 4 is 11.8 Å². The molecule has 1 saturated heterocycles. The van der Waals surface area contributed by atoms with Crippen molar-refractivity contribution < 1.29 is 14.3 Å². The molecule has 0 radical (unpaired) electrons. The van der Waals surface area contributed by atoms with Gasteiger partial charge < -0.3 is 10.5 Å². The van der Waals surface area contributed by atoms with E-state index in [0.29, 0.717) is 26.0 Å². The Bertz CT molecular complexity index is 488. The Morgan fingerprint density at radius 2 is 2.15 bits per heavy atom. The zero-order valence-electron chi connectivity index (χ0n) is 11.4. The topological polar surface area (TPSA) is 81.4 Å². The lowest BCUT2D eigenvalue weighted by Crippen LogP contribution is -2.39. The van der Waals surface area contributed by atoms with Gasteiger partial charge in [0.2, 0.25) is 11.8 Å². The molecule has 1 unspecified atom stereocenters. The molecule has 1 aliphatic rings. The van der Waals surface area contributed by atoms with Gasteiger partial charge in [-0.15, -0.1) is 0 Å². The van der Waals surface area contributed by atoms with Crippen molar-refractivity contribution in [3.8, 4) is 5.75 Å². The normalized spacial score (nSPS) is 18.8. The third kappa shape index (κ3) is 3.81.